The number of aryl methyl sites for hydroxylation is 1. The third-order valence-corrected chi connectivity index (χ3v) is 3.92. The number of nitrogens with one attached hydrogen (secondary N) is 1. The summed E-state index contributed by atoms with van der Waals surface area (Å²) in [5.74, 6) is 0.0402. The van der Waals surface area contributed by atoms with Crippen molar-refractivity contribution in [2.45, 2.75) is 19.4 Å². The average molecular weight is 380 g/mol. The number of aromatic hydroxyl groups is 2. The summed E-state index contributed by atoms with van der Waals surface area (Å²) < 4.78 is 5.52. The Bertz CT molecular complexity index is 703. The summed E-state index contributed by atoms with van der Waals surface area (Å²) in [7, 11) is 1.36. The second-order valence-electron chi connectivity index (χ2n) is 5.04. The van der Waals surface area contributed by atoms with Crippen LogP contribution in [0.1, 0.15) is 17.5 Å². The molecule has 6 heteroatoms. The smallest absolute Gasteiger partial charge is 0.305 e. The van der Waals surface area contributed by atoms with Crippen molar-refractivity contribution < 1.29 is 19.7 Å². The van der Waals surface area contributed by atoms with Crippen molar-refractivity contribution >= 4 is 27.6 Å². The maximum atomic E-state index is 11.3. The SMILES string of the molecule is COC(=O)CCc1ccc(O)cc1NCc1cc(Br)ccc1O. The molecule has 0 aliphatic heterocycles. The van der Waals surface area contributed by atoms with Crippen molar-refractivity contribution in [1.82, 2.24) is 0 Å². The Morgan fingerprint density at radius 2 is 1.96 bits per heavy atom. The number of methoxy groups -OCH3 is 1. The predicted octanol–water partition coefficient (Wildman–Crippen LogP) is 3.58. The maximum Gasteiger partial charge on any atom is 0.305 e. The van der Waals surface area contributed by atoms with Crippen LogP contribution in [0.15, 0.2) is 40.9 Å². The molecular formula is C17H18BrNO4. The van der Waals surface area contributed by atoms with Crippen LogP contribution < -0.4 is 5.32 Å². The molecule has 0 heterocycles. The van der Waals surface area contributed by atoms with Crippen molar-refractivity contribution in [3.8, 4) is 11.5 Å². The summed E-state index contributed by atoms with van der Waals surface area (Å²) >= 11 is 3.37. The van der Waals surface area contributed by atoms with E-state index in [0.717, 1.165) is 15.6 Å². The van der Waals surface area contributed by atoms with Crippen LogP contribution in [0, 0.1) is 0 Å². The fourth-order valence-electron chi connectivity index (χ4n) is 2.17. The van der Waals surface area contributed by atoms with Gasteiger partial charge in [-0.25, -0.2) is 0 Å². The monoisotopic (exact) mass is 379 g/mol. The van der Waals surface area contributed by atoms with Crippen LogP contribution in [0.3, 0.4) is 0 Å². The molecule has 0 atom stereocenters. The van der Waals surface area contributed by atoms with Gasteiger partial charge in [0.2, 0.25) is 0 Å². The third kappa shape index (κ3) is 4.89. The largest absolute Gasteiger partial charge is 0.508 e. The molecule has 2 rings (SSSR count). The number of esters is 1. The van der Waals surface area contributed by atoms with Gasteiger partial charge in [-0.05, 0) is 36.2 Å². The van der Waals surface area contributed by atoms with E-state index in [1.54, 1.807) is 30.3 Å². The summed E-state index contributed by atoms with van der Waals surface area (Å²) in [4.78, 5) is 11.3. The number of phenols is 2. The minimum absolute atomic E-state index is 0.132. The number of phenolic OH excluding ortho intramolecular Hbond substituents is 2. The van der Waals surface area contributed by atoms with Gasteiger partial charge in [0.05, 0.1) is 7.11 Å². The third-order valence-electron chi connectivity index (χ3n) is 3.43. The molecular weight excluding hydrogens is 362 g/mol. The van der Waals surface area contributed by atoms with E-state index in [1.165, 1.54) is 7.11 Å². The van der Waals surface area contributed by atoms with Crippen LogP contribution in [-0.4, -0.2) is 23.3 Å². The second-order valence-corrected chi connectivity index (χ2v) is 5.96. The highest BCUT2D eigenvalue weighted by atomic mass is 79.9. The lowest BCUT2D eigenvalue weighted by Gasteiger charge is -2.13. The number of hydrogen-bond donors (Lipinski definition) is 3. The van der Waals surface area contributed by atoms with Crippen molar-refractivity contribution in [3.63, 3.8) is 0 Å². The van der Waals surface area contributed by atoms with E-state index in [1.807, 2.05) is 6.07 Å². The first-order chi connectivity index (χ1) is 11.0. The molecule has 0 fully saturated rings. The summed E-state index contributed by atoms with van der Waals surface area (Å²) in [6.07, 6.45) is 0.762. The molecule has 0 bridgehead atoms. The van der Waals surface area contributed by atoms with Gasteiger partial charge in [0.15, 0.2) is 0 Å². The molecule has 0 unspecified atom stereocenters. The Morgan fingerprint density at radius 1 is 1.17 bits per heavy atom. The average Bonchev–Trinajstić information content (AvgIpc) is 2.54. The van der Waals surface area contributed by atoms with Gasteiger partial charge in [0, 0.05) is 34.8 Å². The molecule has 0 aliphatic rings. The predicted molar refractivity (Wildman–Crippen MR) is 91.6 cm³/mol. The van der Waals surface area contributed by atoms with E-state index in [-0.39, 0.29) is 23.9 Å². The van der Waals surface area contributed by atoms with Crippen molar-refractivity contribution in [2.24, 2.45) is 0 Å². The topological polar surface area (TPSA) is 78.8 Å². The molecule has 122 valence electrons. The molecule has 0 saturated carbocycles. The fourth-order valence-corrected chi connectivity index (χ4v) is 2.58. The minimum atomic E-state index is -0.284. The zero-order valence-electron chi connectivity index (χ0n) is 12.7. The van der Waals surface area contributed by atoms with Crippen LogP contribution in [0.5, 0.6) is 11.5 Å². The fraction of sp³-hybridized carbons (Fsp3) is 0.235. The lowest BCUT2D eigenvalue weighted by Crippen LogP contribution is -2.06. The number of benzene rings is 2. The molecule has 23 heavy (non-hydrogen) atoms. The van der Waals surface area contributed by atoms with Crippen molar-refractivity contribution in [2.75, 3.05) is 12.4 Å². The first-order valence-corrected chi connectivity index (χ1v) is 7.89. The molecule has 5 nitrogen and oxygen atoms in total. The first kappa shape index (κ1) is 17.1. The molecule has 0 aromatic heterocycles. The quantitative estimate of drug-likeness (QED) is 0.668. The number of halogens is 1. The number of anilines is 1. The number of hydrogen-bond acceptors (Lipinski definition) is 5. The maximum absolute atomic E-state index is 11.3. The van der Waals surface area contributed by atoms with E-state index in [9.17, 15) is 15.0 Å². The van der Waals surface area contributed by atoms with Crippen LogP contribution in [0.4, 0.5) is 5.69 Å². The second kappa shape index (κ2) is 7.87. The number of carbonyl (C=O) groups excluding carboxylic acids is 1. The van der Waals surface area contributed by atoms with Crippen molar-refractivity contribution in [3.05, 3.63) is 52.0 Å². The van der Waals surface area contributed by atoms with Gasteiger partial charge in [-0.3, -0.25) is 4.79 Å². The molecule has 0 radical (unpaired) electrons. The number of rotatable bonds is 6. The van der Waals surface area contributed by atoms with Gasteiger partial charge < -0.3 is 20.3 Å². The lowest BCUT2D eigenvalue weighted by atomic mass is 10.1. The normalized spacial score (nSPS) is 10.3. The summed E-state index contributed by atoms with van der Waals surface area (Å²) in [5.41, 5.74) is 2.33. The molecule has 0 amide bonds. The Morgan fingerprint density at radius 3 is 2.70 bits per heavy atom. The Hall–Kier alpha value is -2.21. The van der Waals surface area contributed by atoms with Gasteiger partial charge in [0.25, 0.3) is 0 Å². The number of ether oxygens (including phenoxy) is 1. The van der Waals surface area contributed by atoms with Gasteiger partial charge in [-0.2, -0.15) is 0 Å². The van der Waals surface area contributed by atoms with Gasteiger partial charge in [0.1, 0.15) is 11.5 Å². The van der Waals surface area contributed by atoms with E-state index >= 15 is 0 Å². The molecule has 0 saturated heterocycles. The highest BCUT2D eigenvalue weighted by Gasteiger charge is 2.09. The molecule has 2 aromatic carbocycles. The highest BCUT2D eigenvalue weighted by molar-refractivity contribution is 9.10. The van der Waals surface area contributed by atoms with E-state index < -0.39 is 0 Å². The van der Waals surface area contributed by atoms with Crippen LogP contribution in [-0.2, 0) is 22.5 Å². The summed E-state index contributed by atoms with van der Waals surface area (Å²) in [6, 6.07) is 10.1. The van der Waals surface area contributed by atoms with E-state index in [0.29, 0.717) is 18.7 Å². The lowest BCUT2D eigenvalue weighted by molar-refractivity contribution is -0.140. The standard InChI is InChI=1S/C17H18BrNO4/c1-23-17(22)7-3-11-2-5-14(20)9-15(11)19-10-12-8-13(18)4-6-16(12)21/h2,4-6,8-9,19-21H,3,7,10H2,1H3. The van der Waals surface area contributed by atoms with Gasteiger partial charge in [-0.15, -0.1) is 0 Å². The van der Waals surface area contributed by atoms with Crippen LogP contribution >= 0.6 is 15.9 Å². The number of carbonyl (C=O) groups is 1. The van der Waals surface area contributed by atoms with E-state index in [4.69, 9.17) is 0 Å². The van der Waals surface area contributed by atoms with Gasteiger partial charge >= 0.3 is 5.97 Å². The first-order valence-electron chi connectivity index (χ1n) is 7.09. The molecule has 0 aliphatic carbocycles. The summed E-state index contributed by atoms with van der Waals surface area (Å²) in [6.45, 7) is 0.389. The molecule has 2 aromatic rings. The Balaban J connectivity index is 2.13. The molecule has 3 N–H and O–H groups in total. The zero-order chi connectivity index (χ0) is 16.8. The Kier molecular flexibility index (Phi) is 5.87. The Labute approximate surface area is 143 Å². The van der Waals surface area contributed by atoms with Crippen LogP contribution in [0.2, 0.25) is 0 Å². The van der Waals surface area contributed by atoms with Crippen LogP contribution in [0.25, 0.3) is 0 Å². The minimum Gasteiger partial charge on any atom is -0.508 e. The zero-order valence-corrected chi connectivity index (χ0v) is 14.3. The van der Waals surface area contributed by atoms with E-state index in [2.05, 4.69) is 26.0 Å². The molecule has 0 spiro atoms. The van der Waals surface area contributed by atoms with Gasteiger partial charge in [-0.1, -0.05) is 22.0 Å². The summed E-state index contributed by atoms with van der Waals surface area (Å²) in [5, 5.41) is 22.7. The van der Waals surface area contributed by atoms with Crippen molar-refractivity contribution in [1.29, 1.82) is 0 Å². The highest BCUT2D eigenvalue weighted by Crippen LogP contribution is 2.26.